The van der Waals surface area contributed by atoms with Gasteiger partial charge in [-0.05, 0) is 0 Å². The van der Waals surface area contributed by atoms with Crippen LogP contribution in [0, 0.1) is 0 Å². The van der Waals surface area contributed by atoms with Gasteiger partial charge in [0.1, 0.15) is 0 Å². The van der Waals surface area contributed by atoms with Crippen LogP contribution in [0.1, 0.15) is 0 Å². The molecule has 0 aromatic heterocycles. The molecule has 0 radical (unpaired) electrons. The first-order valence-electron chi connectivity index (χ1n) is 2.18. The van der Waals surface area contributed by atoms with Crippen molar-refractivity contribution in [2.45, 2.75) is 2.06 Å². The molecule has 7 heteroatoms. The van der Waals surface area contributed by atoms with Crippen LogP contribution in [0.2, 0.25) is 0 Å². The first-order valence-corrected chi connectivity index (χ1v) is 20.4. The molecule has 1 saturated heterocycles. The summed E-state index contributed by atoms with van der Waals surface area (Å²) in [6.07, 6.45) is 0. The normalized spacial score (nSPS) is 32.4. The third-order valence-electron chi connectivity index (χ3n) is 0.616. The Bertz CT molecular complexity index is 132. The van der Waals surface area contributed by atoms with Gasteiger partial charge in [0, 0.05) is 0 Å². The molecule has 0 amide bonds. The molecule has 1 aliphatic heterocycles. The molecule has 0 N–H and O–H groups in total. The molecule has 2 atom stereocenters. The van der Waals surface area contributed by atoms with Crippen LogP contribution in [0.15, 0.2) is 0 Å². The van der Waals surface area contributed by atoms with E-state index in [4.69, 9.17) is 4.84 Å². The monoisotopic (exact) mass is 595 g/mol. The molecule has 0 aromatic rings. The van der Waals surface area contributed by atoms with Crippen molar-refractivity contribution in [1.29, 1.82) is 0 Å². The van der Waals surface area contributed by atoms with Gasteiger partial charge in [-0.1, -0.05) is 0 Å². The molecule has 0 aliphatic carbocycles. The average Bonchev–Trinajstić information content (AvgIpc) is 2.47. The van der Waals surface area contributed by atoms with Gasteiger partial charge in [-0.2, -0.15) is 0 Å². The Hall–Kier alpha value is 2.35. The number of alkyl halides is 3. The Kier molecular flexibility index (Phi) is 5.38. The van der Waals surface area contributed by atoms with Crippen LogP contribution >= 0.6 is 30.5 Å². The van der Waals surface area contributed by atoms with Gasteiger partial charge >= 0.3 is 95.6 Å². The maximum atomic E-state index is 9.86. The fraction of sp³-hybridized carbons (Fsp3) is 0.667. The van der Waals surface area contributed by atoms with E-state index in [9.17, 15) is 4.79 Å². The summed E-state index contributed by atoms with van der Waals surface area (Å²) in [6, 6.07) is 0. The summed E-state index contributed by atoms with van der Waals surface area (Å²) in [5.41, 5.74) is 0. The van der Waals surface area contributed by atoms with E-state index < -0.39 is 11.9 Å². The topological polar surface area (TPSA) is 29.3 Å². The van der Waals surface area contributed by atoms with Gasteiger partial charge in [0.2, 0.25) is 0 Å². The predicted octanol–water partition coefficient (Wildman–Crippen LogP) is -4.83. The van der Waals surface area contributed by atoms with Crippen LogP contribution in [0.25, 0.3) is 0 Å². The Morgan fingerprint density at radius 1 is 2.00 bits per heavy atom. The van der Waals surface area contributed by atoms with Crippen LogP contribution < -0.4 is 38.7 Å². The molecule has 1 aliphatic rings. The summed E-state index contributed by atoms with van der Waals surface area (Å²) >= 11 is 2.61. The van der Waals surface area contributed by atoms with Gasteiger partial charge in [-0.25, -0.2) is 0 Å². The number of carbonyl (C=O) groups excluding carboxylic acids is 1. The van der Waals surface area contributed by atoms with E-state index in [2.05, 4.69) is 23.5 Å². The van der Waals surface area contributed by atoms with Crippen LogP contribution in [0.4, 0.5) is 0 Å². The van der Waals surface area contributed by atoms with Crippen molar-refractivity contribution in [2.24, 2.45) is 0 Å². The molecule has 10 heavy (non-hydrogen) atoms. The Labute approximate surface area is 93.4 Å². The van der Waals surface area contributed by atoms with Crippen molar-refractivity contribution in [3.8, 4) is 0 Å². The number of nitrogens with zero attached hydrogens (tertiary/aromatic N) is 1. The molecule has 1 fully saturated rings. The van der Waals surface area contributed by atoms with E-state index in [0.717, 1.165) is 2.06 Å². The Morgan fingerprint density at radius 3 is 3.20 bits per heavy atom. The summed E-state index contributed by atoms with van der Waals surface area (Å²) in [5.74, 6) is 0. The third kappa shape index (κ3) is 3.84. The number of halogens is 4. The van der Waals surface area contributed by atoms with Crippen LogP contribution in [-0.4, -0.2) is 16.7 Å². The second kappa shape index (κ2) is 5.16. The molecular formula is C3H5I4NO2-2. The first kappa shape index (κ1) is 10.4. The van der Waals surface area contributed by atoms with Gasteiger partial charge in [-0.3, -0.25) is 0 Å². The second-order valence-electron chi connectivity index (χ2n) is 1.27. The molecule has 0 spiro atoms. The number of hydrogen-bond donors (Lipinski definition) is 0. The molecule has 0 bridgehead atoms. The van der Waals surface area contributed by atoms with Crippen molar-refractivity contribution in [2.75, 3.05) is 4.93 Å². The van der Waals surface area contributed by atoms with E-state index >= 15 is 0 Å². The second-order valence-corrected chi connectivity index (χ2v) is 40.0. The number of hydroxylamine groups is 1. The zero-order valence-electron chi connectivity index (χ0n) is 4.93. The predicted molar refractivity (Wildman–Crippen MR) is 46.7 cm³/mol. The molecule has 3 nitrogen and oxygen atoms in total. The summed E-state index contributed by atoms with van der Waals surface area (Å²) in [7, 11) is 0. The Balaban J connectivity index is 2.07. The average molecular weight is 595 g/mol. The molecular weight excluding hydrogens is 590 g/mol. The standard InChI is InChI=1S/C3H5I4NO2/c1-7(4)5-3-6-8(3)10-2-9/h2-3H,1H3/q-2. The summed E-state index contributed by atoms with van der Waals surface area (Å²) < 4.78 is 2.67. The summed E-state index contributed by atoms with van der Waals surface area (Å²) in [4.78, 5) is 17.0. The van der Waals surface area contributed by atoms with Gasteiger partial charge in [0.25, 0.3) is 0 Å². The van der Waals surface area contributed by atoms with E-state index in [-0.39, 0.29) is 21.5 Å². The molecule has 0 aromatic carbocycles. The van der Waals surface area contributed by atoms with Crippen molar-refractivity contribution >= 4 is 37.0 Å². The van der Waals surface area contributed by atoms with E-state index in [0.29, 0.717) is 23.7 Å². The van der Waals surface area contributed by atoms with E-state index in [1.165, 1.54) is 0 Å². The van der Waals surface area contributed by atoms with Crippen molar-refractivity contribution in [1.82, 2.24) is 3.28 Å². The number of carbonyl (C=O) groups is 1. The molecule has 64 valence electrons. The quantitative estimate of drug-likeness (QED) is 0.0818. The number of rotatable bonds is 4. The zero-order chi connectivity index (χ0) is 7.56. The minimum atomic E-state index is -0.507. The van der Waals surface area contributed by atoms with E-state index in [1.807, 2.05) is 3.28 Å². The van der Waals surface area contributed by atoms with Crippen LogP contribution in [-0.2, 0) is 9.63 Å². The van der Waals surface area contributed by atoms with Crippen molar-refractivity contribution in [3.05, 3.63) is 0 Å². The van der Waals surface area contributed by atoms with Gasteiger partial charge in [-0.15, -0.1) is 0 Å². The SMILES string of the molecule is CI(I)[I-]C1[I-]N1OC=O. The Morgan fingerprint density at radius 2 is 2.70 bits per heavy atom. The summed E-state index contributed by atoms with van der Waals surface area (Å²) in [6.45, 7) is 0.546. The molecule has 2 unspecified atom stereocenters. The maximum absolute atomic E-state index is 9.86. The minimum absolute atomic E-state index is 0.131. The summed E-state index contributed by atoms with van der Waals surface area (Å²) in [5, 5.41) is 0. The number of hydrogen-bond acceptors (Lipinski definition) is 3. The van der Waals surface area contributed by atoms with E-state index in [1.54, 1.807) is 0 Å². The van der Waals surface area contributed by atoms with Crippen molar-refractivity contribution < 1.29 is 48.3 Å². The third-order valence-corrected chi connectivity index (χ3v) is 29.3. The van der Waals surface area contributed by atoms with Crippen LogP contribution in [0.3, 0.4) is 0 Å². The van der Waals surface area contributed by atoms with Gasteiger partial charge < -0.3 is 0 Å². The van der Waals surface area contributed by atoms with Crippen LogP contribution in [0.5, 0.6) is 0 Å². The zero-order valence-corrected chi connectivity index (χ0v) is 13.6. The first-order chi connectivity index (χ1) is 4.74. The van der Waals surface area contributed by atoms with Gasteiger partial charge in [0.05, 0.1) is 0 Å². The fourth-order valence-electron chi connectivity index (χ4n) is 0.301. The molecule has 1 rings (SSSR count). The molecule has 1 heterocycles. The molecule has 0 saturated carbocycles. The fourth-order valence-corrected chi connectivity index (χ4v) is 50.6. The van der Waals surface area contributed by atoms with Crippen molar-refractivity contribution in [3.63, 3.8) is 0 Å². The van der Waals surface area contributed by atoms with Gasteiger partial charge in [0.15, 0.2) is 0 Å².